The average molecular weight is 240 g/mol. The van der Waals surface area contributed by atoms with Crippen molar-refractivity contribution >= 4 is 16.1 Å². The normalized spacial score (nSPS) is 7.25. The van der Waals surface area contributed by atoms with Crippen LogP contribution in [-0.4, -0.2) is 21.5 Å². The van der Waals surface area contributed by atoms with Crippen molar-refractivity contribution in [1.29, 1.82) is 0 Å². The zero-order valence-electron chi connectivity index (χ0n) is 5.79. The van der Waals surface area contributed by atoms with Gasteiger partial charge in [-0.1, -0.05) is 0 Å². The van der Waals surface area contributed by atoms with Crippen LogP contribution in [0.4, 0.5) is 0 Å². The number of nitrogens with zero attached hydrogens (tertiary/aromatic N) is 1. The van der Waals surface area contributed by atoms with Gasteiger partial charge in [0.1, 0.15) is 0 Å². The van der Waals surface area contributed by atoms with Gasteiger partial charge in [-0.05, 0) is 12.1 Å². The fourth-order valence-electron chi connectivity index (χ4n) is 0.489. The van der Waals surface area contributed by atoms with Crippen LogP contribution in [0.15, 0.2) is 24.5 Å². The summed E-state index contributed by atoms with van der Waals surface area (Å²) < 4.78 is 0. The van der Waals surface area contributed by atoms with Gasteiger partial charge in [-0.3, -0.25) is 4.98 Å². The molecule has 12 heavy (non-hydrogen) atoms. The van der Waals surface area contributed by atoms with Crippen molar-refractivity contribution in [1.82, 2.24) is 4.98 Å². The van der Waals surface area contributed by atoms with Gasteiger partial charge in [-0.25, -0.2) is 4.79 Å². The first-order valence-electron chi connectivity index (χ1n) is 2.55. The van der Waals surface area contributed by atoms with Gasteiger partial charge in [0, 0.05) is 12.4 Å². The third-order valence-corrected chi connectivity index (χ3v) is 0.908. The molecule has 0 aliphatic carbocycles. The van der Waals surface area contributed by atoms with Crippen molar-refractivity contribution in [3.8, 4) is 0 Å². The number of rotatable bonds is 1. The van der Waals surface area contributed by atoms with Gasteiger partial charge in [-0.2, -0.15) is 0 Å². The molecule has 0 fully saturated rings. The summed E-state index contributed by atoms with van der Waals surface area (Å²) in [7, 11) is 4.20. The summed E-state index contributed by atoms with van der Waals surface area (Å²) in [5, 5.41) is 8.34. The monoisotopic (exact) mass is 239 g/mol. The molecule has 3 N–H and O–H groups in total. The molecule has 0 aromatic carbocycles. The Morgan fingerprint density at radius 3 is 2.42 bits per heavy atom. The van der Waals surface area contributed by atoms with E-state index in [9.17, 15) is 4.79 Å². The Morgan fingerprint density at radius 1 is 1.58 bits per heavy atom. The molecule has 4 nitrogen and oxygen atoms in total. The molecule has 0 atom stereocenters. The number of carboxylic acids is 1. The molecule has 1 aromatic rings. The number of carbonyl (C=O) groups is 1. The van der Waals surface area contributed by atoms with E-state index < -0.39 is 5.97 Å². The minimum atomic E-state index is -0.942. The fourth-order valence-corrected chi connectivity index (χ4v) is 0.489. The second-order valence-corrected chi connectivity index (χ2v) is 1.55. The Bertz CT molecular complexity index is 219. The van der Waals surface area contributed by atoms with E-state index in [1.54, 1.807) is 6.07 Å². The van der Waals surface area contributed by atoms with Crippen LogP contribution in [0.1, 0.15) is 10.4 Å². The molecule has 0 saturated heterocycles. The summed E-state index contributed by atoms with van der Waals surface area (Å²) in [5.74, 6) is -0.942. The number of halogens is 1. The number of carboxylic acid groups (broad SMARTS) is 1. The van der Waals surface area contributed by atoms with Gasteiger partial charge < -0.3 is 10.6 Å². The zero-order chi connectivity index (χ0) is 8.69. The van der Waals surface area contributed by atoms with Gasteiger partial charge in [0.25, 0.3) is 0 Å². The molecule has 0 spiro atoms. The number of hydrogen-bond donors (Lipinski definition) is 1. The van der Waals surface area contributed by atoms with E-state index in [2.05, 4.69) is 30.2 Å². The molecule has 1 aromatic heterocycles. The first-order chi connectivity index (χ1) is 5.30. The molecule has 72 valence electrons. The van der Waals surface area contributed by atoms with Crippen molar-refractivity contribution in [2.45, 2.75) is 0 Å². The molecule has 0 bridgehead atoms. The third-order valence-electron chi connectivity index (χ3n) is 0.908. The van der Waals surface area contributed by atoms with E-state index in [0.29, 0.717) is 0 Å². The van der Waals surface area contributed by atoms with E-state index >= 15 is 0 Å². The van der Waals surface area contributed by atoms with Gasteiger partial charge in [0.05, 0.1) is 5.56 Å². The molecule has 1 heterocycles. The standard InChI is InChI=1S/C6H5NO2.ClH.Cu.H2O/c8-6(9)5-2-1-3-7-4-5;;;/h1-4H,(H,8,9);1H;;1H2/q;;+1;/p-1. The van der Waals surface area contributed by atoms with E-state index in [1.165, 1.54) is 18.5 Å². The van der Waals surface area contributed by atoms with Crippen LogP contribution in [0.5, 0.6) is 0 Å². The Balaban J connectivity index is 0. The topological polar surface area (TPSA) is 81.7 Å². The molecule has 0 saturated carbocycles. The first kappa shape index (κ1) is 13.9. The summed E-state index contributed by atoms with van der Waals surface area (Å²) >= 11 is 3.66. The van der Waals surface area contributed by atoms with Crippen molar-refractivity contribution < 1.29 is 30.5 Å². The second kappa shape index (κ2) is 8.49. The first-order valence-corrected chi connectivity index (χ1v) is 3.85. The molecular weight excluding hydrogens is 233 g/mol. The van der Waals surface area contributed by atoms with E-state index in [0.717, 1.165) is 0 Å². The molecule has 0 unspecified atom stereocenters. The van der Waals surface area contributed by atoms with Gasteiger partial charge >= 0.3 is 31.2 Å². The predicted octanol–water partition coefficient (Wildman–Crippen LogP) is 0.642. The van der Waals surface area contributed by atoms with Crippen LogP contribution in [0, 0.1) is 0 Å². The van der Waals surface area contributed by atoms with Crippen molar-refractivity contribution in [2.24, 2.45) is 0 Å². The van der Waals surface area contributed by atoms with Crippen LogP contribution in [-0.2, 0) is 15.1 Å². The molecule has 0 aliphatic heterocycles. The average Bonchev–Trinajstić information content (AvgIpc) is 2.10. The summed E-state index contributed by atoms with van der Waals surface area (Å²) in [6.07, 6.45) is 2.84. The van der Waals surface area contributed by atoms with Crippen molar-refractivity contribution in [3.63, 3.8) is 0 Å². The SMILES string of the molecule is O.O=C(O)c1cccnc1.[Cl][Cu]. The summed E-state index contributed by atoms with van der Waals surface area (Å²) in [5.41, 5.74) is 0.220. The minimum absolute atomic E-state index is 0. The molecule has 0 amide bonds. The Labute approximate surface area is 81.9 Å². The van der Waals surface area contributed by atoms with E-state index in [-0.39, 0.29) is 11.0 Å². The third kappa shape index (κ3) is 5.09. The second-order valence-electron chi connectivity index (χ2n) is 1.55. The van der Waals surface area contributed by atoms with Gasteiger partial charge in [0.2, 0.25) is 0 Å². The van der Waals surface area contributed by atoms with Crippen LogP contribution < -0.4 is 0 Å². The van der Waals surface area contributed by atoms with Gasteiger partial charge in [-0.15, -0.1) is 0 Å². The molecule has 0 aliphatic rings. The number of pyridine rings is 1. The van der Waals surface area contributed by atoms with Crippen LogP contribution in [0.2, 0.25) is 0 Å². The number of aromatic carboxylic acids is 1. The fraction of sp³-hybridized carbons (Fsp3) is 0. The summed E-state index contributed by atoms with van der Waals surface area (Å²) in [6.45, 7) is 0. The van der Waals surface area contributed by atoms with Crippen molar-refractivity contribution in [3.05, 3.63) is 30.1 Å². The van der Waals surface area contributed by atoms with Crippen molar-refractivity contribution in [2.75, 3.05) is 0 Å². The summed E-state index contributed by atoms with van der Waals surface area (Å²) in [4.78, 5) is 13.8. The van der Waals surface area contributed by atoms with Crippen LogP contribution in [0.25, 0.3) is 0 Å². The maximum atomic E-state index is 10.2. The zero-order valence-corrected chi connectivity index (χ0v) is 7.49. The van der Waals surface area contributed by atoms with Crippen LogP contribution in [0.3, 0.4) is 0 Å². The molecule has 1 rings (SSSR count). The molecular formula is C6H7ClCuNO3. The Morgan fingerprint density at radius 2 is 2.17 bits per heavy atom. The predicted molar refractivity (Wildman–Crippen MR) is 40.7 cm³/mol. The van der Waals surface area contributed by atoms with E-state index in [1.807, 2.05) is 0 Å². The number of hydrogen-bond acceptors (Lipinski definition) is 2. The molecule has 0 radical (unpaired) electrons. The van der Waals surface area contributed by atoms with Gasteiger partial charge in [0.15, 0.2) is 0 Å². The maximum absolute atomic E-state index is 10.2. The summed E-state index contributed by atoms with van der Waals surface area (Å²) in [6, 6.07) is 3.08. The number of aromatic nitrogens is 1. The van der Waals surface area contributed by atoms with E-state index in [4.69, 9.17) is 5.11 Å². The quantitative estimate of drug-likeness (QED) is 0.731. The molecule has 6 heteroatoms. The van der Waals surface area contributed by atoms with Crippen LogP contribution >= 0.6 is 10.1 Å². The Hall–Kier alpha value is -0.611. The Kier molecular flexibility index (Phi) is 9.86.